The topological polar surface area (TPSA) is 81.4 Å². The Kier molecular flexibility index (Phi) is 4.43. The van der Waals surface area contributed by atoms with E-state index in [1.54, 1.807) is 18.2 Å². The van der Waals surface area contributed by atoms with Gasteiger partial charge in [-0.1, -0.05) is 11.2 Å². The van der Waals surface area contributed by atoms with E-state index in [1.807, 2.05) is 18.2 Å². The predicted octanol–water partition coefficient (Wildman–Crippen LogP) is 1.17. The van der Waals surface area contributed by atoms with Crippen molar-refractivity contribution in [1.82, 2.24) is 20.0 Å². The number of nitrogens with zero attached hydrogens (tertiary/aromatic N) is 4. The number of methoxy groups -OCH3 is 1. The van der Waals surface area contributed by atoms with Crippen LogP contribution in [0.15, 0.2) is 28.9 Å². The van der Waals surface area contributed by atoms with E-state index < -0.39 is 0 Å². The standard InChI is InChI=1S/C15H18N4O3/c1-21-7-5-13-17-15(22-18-13)11-8-14(20)19(9-11)10-12-4-2-3-6-16-12/h2-4,6,11H,5,7-10H2,1H3/t11-/m0/s1. The molecule has 0 saturated carbocycles. The summed E-state index contributed by atoms with van der Waals surface area (Å²) in [6, 6.07) is 5.69. The molecule has 7 nitrogen and oxygen atoms in total. The molecule has 2 aromatic rings. The fraction of sp³-hybridized carbons (Fsp3) is 0.467. The Labute approximate surface area is 128 Å². The molecule has 7 heteroatoms. The van der Waals surface area contributed by atoms with E-state index in [-0.39, 0.29) is 11.8 Å². The smallest absolute Gasteiger partial charge is 0.232 e. The van der Waals surface area contributed by atoms with Crippen LogP contribution in [-0.2, 0) is 22.5 Å². The maximum Gasteiger partial charge on any atom is 0.232 e. The second-order valence-electron chi connectivity index (χ2n) is 5.29. The van der Waals surface area contributed by atoms with Gasteiger partial charge in [0, 0.05) is 32.7 Å². The van der Waals surface area contributed by atoms with E-state index in [2.05, 4.69) is 15.1 Å². The molecule has 2 aromatic heterocycles. The first kappa shape index (κ1) is 14.6. The van der Waals surface area contributed by atoms with Crippen molar-refractivity contribution in [2.45, 2.75) is 25.3 Å². The molecule has 1 fully saturated rings. The summed E-state index contributed by atoms with van der Waals surface area (Å²) in [5.74, 6) is 1.20. The van der Waals surface area contributed by atoms with Gasteiger partial charge in [-0.25, -0.2) is 0 Å². The first-order chi connectivity index (χ1) is 10.8. The van der Waals surface area contributed by atoms with Gasteiger partial charge in [-0.15, -0.1) is 0 Å². The van der Waals surface area contributed by atoms with E-state index in [1.165, 1.54) is 0 Å². The third kappa shape index (κ3) is 3.30. The quantitative estimate of drug-likeness (QED) is 0.796. The number of carbonyl (C=O) groups excluding carboxylic acids is 1. The van der Waals surface area contributed by atoms with Gasteiger partial charge in [0.25, 0.3) is 0 Å². The zero-order chi connectivity index (χ0) is 15.4. The van der Waals surface area contributed by atoms with Gasteiger partial charge in [0.15, 0.2) is 5.82 Å². The second-order valence-corrected chi connectivity index (χ2v) is 5.29. The molecule has 0 spiro atoms. The van der Waals surface area contributed by atoms with Gasteiger partial charge in [0.2, 0.25) is 11.8 Å². The van der Waals surface area contributed by atoms with Crippen molar-refractivity contribution < 1.29 is 14.1 Å². The van der Waals surface area contributed by atoms with Crippen LogP contribution in [0.1, 0.15) is 29.7 Å². The molecule has 0 aromatic carbocycles. The number of hydrogen-bond acceptors (Lipinski definition) is 6. The van der Waals surface area contributed by atoms with Crippen molar-refractivity contribution in [2.24, 2.45) is 0 Å². The van der Waals surface area contributed by atoms with Gasteiger partial charge < -0.3 is 14.2 Å². The van der Waals surface area contributed by atoms with Crippen molar-refractivity contribution in [3.05, 3.63) is 41.8 Å². The molecular formula is C15H18N4O3. The highest BCUT2D eigenvalue weighted by Crippen LogP contribution is 2.27. The van der Waals surface area contributed by atoms with Gasteiger partial charge in [-0.3, -0.25) is 9.78 Å². The monoisotopic (exact) mass is 302 g/mol. The lowest BCUT2D eigenvalue weighted by Gasteiger charge is -2.15. The highest BCUT2D eigenvalue weighted by molar-refractivity contribution is 5.79. The molecule has 0 N–H and O–H groups in total. The Bertz CT molecular complexity index is 629. The van der Waals surface area contributed by atoms with Gasteiger partial charge in [-0.2, -0.15) is 4.98 Å². The average Bonchev–Trinajstić information content (AvgIpc) is 3.14. The Balaban J connectivity index is 1.63. The molecule has 0 aliphatic carbocycles. The van der Waals surface area contributed by atoms with Crippen LogP contribution in [0.5, 0.6) is 0 Å². The Morgan fingerprint density at radius 2 is 2.36 bits per heavy atom. The van der Waals surface area contributed by atoms with Crippen LogP contribution < -0.4 is 0 Å². The molecule has 0 radical (unpaired) electrons. The van der Waals surface area contributed by atoms with E-state index in [0.29, 0.717) is 44.3 Å². The minimum atomic E-state index is -0.0417. The fourth-order valence-electron chi connectivity index (χ4n) is 2.51. The molecule has 3 rings (SSSR count). The normalized spacial score (nSPS) is 18.1. The van der Waals surface area contributed by atoms with Crippen molar-refractivity contribution in [1.29, 1.82) is 0 Å². The zero-order valence-electron chi connectivity index (χ0n) is 12.4. The highest BCUT2D eigenvalue weighted by Gasteiger charge is 2.34. The lowest BCUT2D eigenvalue weighted by atomic mass is 10.1. The van der Waals surface area contributed by atoms with Gasteiger partial charge in [0.1, 0.15) is 0 Å². The van der Waals surface area contributed by atoms with Crippen LogP contribution in [0.25, 0.3) is 0 Å². The number of aromatic nitrogens is 3. The Morgan fingerprint density at radius 3 is 3.14 bits per heavy atom. The molecule has 1 aliphatic heterocycles. The third-order valence-electron chi connectivity index (χ3n) is 3.66. The number of pyridine rings is 1. The number of amides is 1. The SMILES string of the molecule is COCCc1noc([C@H]2CC(=O)N(Cc3ccccn3)C2)n1. The number of likely N-dealkylation sites (tertiary alicyclic amines) is 1. The summed E-state index contributed by atoms with van der Waals surface area (Å²) in [5, 5.41) is 3.92. The van der Waals surface area contributed by atoms with Crippen molar-refractivity contribution in [2.75, 3.05) is 20.3 Å². The molecule has 1 amide bonds. The number of hydrogen-bond donors (Lipinski definition) is 0. The minimum Gasteiger partial charge on any atom is -0.384 e. The molecule has 1 atom stereocenters. The first-order valence-electron chi connectivity index (χ1n) is 7.25. The third-order valence-corrected chi connectivity index (χ3v) is 3.66. The second kappa shape index (κ2) is 6.65. The summed E-state index contributed by atoms with van der Waals surface area (Å²) in [7, 11) is 1.63. The fourth-order valence-corrected chi connectivity index (χ4v) is 2.51. The molecule has 1 saturated heterocycles. The lowest BCUT2D eigenvalue weighted by Crippen LogP contribution is -2.24. The summed E-state index contributed by atoms with van der Waals surface area (Å²) >= 11 is 0. The Hall–Kier alpha value is -2.28. The van der Waals surface area contributed by atoms with Gasteiger partial charge in [0.05, 0.1) is 24.8 Å². The van der Waals surface area contributed by atoms with Crippen molar-refractivity contribution >= 4 is 5.91 Å². The van der Waals surface area contributed by atoms with E-state index in [9.17, 15) is 4.79 Å². The molecule has 0 bridgehead atoms. The number of ether oxygens (including phenoxy) is 1. The number of rotatable bonds is 6. The van der Waals surface area contributed by atoms with Gasteiger partial charge in [-0.05, 0) is 12.1 Å². The van der Waals surface area contributed by atoms with Crippen LogP contribution in [0.4, 0.5) is 0 Å². The summed E-state index contributed by atoms with van der Waals surface area (Å²) < 4.78 is 10.3. The molecular weight excluding hydrogens is 284 g/mol. The molecule has 1 aliphatic rings. The maximum absolute atomic E-state index is 12.1. The highest BCUT2D eigenvalue weighted by atomic mass is 16.5. The summed E-state index contributed by atoms with van der Waals surface area (Å²) in [4.78, 5) is 22.5. The minimum absolute atomic E-state index is 0.0417. The first-order valence-corrected chi connectivity index (χ1v) is 7.25. The van der Waals surface area contributed by atoms with E-state index in [0.717, 1.165) is 5.69 Å². The van der Waals surface area contributed by atoms with Crippen LogP contribution in [0.3, 0.4) is 0 Å². The van der Waals surface area contributed by atoms with E-state index >= 15 is 0 Å². The largest absolute Gasteiger partial charge is 0.384 e. The molecule has 0 unspecified atom stereocenters. The zero-order valence-corrected chi connectivity index (χ0v) is 12.4. The molecule has 3 heterocycles. The van der Waals surface area contributed by atoms with Crippen LogP contribution in [0.2, 0.25) is 0 Å². The number of carbonyl (C=O) groups is 1. The molecule has 116 valence electrons. The average molecular weight is 302 g/mol. The van der Waals surface area contributed by atoms with Crippen LogP contribution in [-0.4, -0.2) is 46.2 Å². The maximum atomic E-state index is 12.1. The Morgan fingerprint density at radius 1 is 1.45 bits per heavy atom. The van der Waals surface area contributed by atoms with E-state index in [4.69, 9.17) is 9.26 Å². The van der Waals surface area contributed by atoms with Crippen LogP contribution in [0, 0.1) is 0 Å². The predicted molar refractivity (Wildman–Crippen MR) is 76.9 cm³/mol. The summed E-state index contributed by atoms with van der Waals surface area (Å²) in [6.45, 7) is 1.65. The summed E-state index contributed by atoms with van der Waals surface area (Å²) in [6.07, 6.45) is 2.74. The van der Waals surface area contributed by atoms with Gasteiger partial charge >= 0.3 is 0 Å². The summed E-state index contributed by atoms with van der Waals surface area (Å²) in [5.41, 5.74) is 0.878. The lowest BCUT2D eigenvalue weighted by molar-refractivity contribution is -0.128. The van der Waals surface area contributed by atoms with Crippen LogP contribution >= 0.6 is 0 Å². The van der Waals surface area contributed by atoms with Crippen molar-refractivity contribution in [3.63, 3.8) is 0 Å². The van der Waals surface area contributed by atoms with Crippen molar-refractivity contribution in [3.8, 4) is 0 Å². The molecule has 22 heavy (non-hydrogen) atoms.